The van der Waals surface area contributed by atoms with Crippen LogP contribution in [0.3, 0.4) is 0 Å². The Morgan fingerprint density at radius 1 is 1.47 bits per heavy atom. The molecule has 3 N–H and O–H groups in total. The fourth-order valence-electron chi connectivity index (χ4n) is 3.13. The topological polar surface area (TPSA) is 64.3 Å². The highest BCUT2D eigenvalue weighted by Gasteiger charge is 2.47. The van der Waals surface area contributed by atoms with E-state index in [9.17, 15) is 4.79 Å². The summed E-state index contributed by atoms with van der Waals surface area (Å²) in [5, 5.41) is 3.31. The molecule has 1 amide bonds. The van der Waals surface area contributed by atoms with Gasteiger partial charge in [0, 0.05) is 20.2 Å². The number of nitrogens with two attached hydrogens (primary N) is 1. The summed E-state index contributed by atoms with van der Waals surface area (Å²) in [6.45, 7) is 1.70. The van der Waals surface area contributed by atoms with Crippen molar-refractivity contribution in [2.45, 2.75) is 31.8 Å². The number of hydrogen-bond acceptors (Lipinski definition) is 3. The minimum absolute atomic E-state index is 0.0234. The number of methoxy groups -OCH3 is 1. The molecule has 2 fully saturated rings. The molecule has 1 saturated heterocycles. The first-order valence-corrected chi connectivity index (χ1v) is 5.71. The Bertz CT molecular complexity index is 247. The number of primary amides is 1. The summed E-state index contributed by atoms with van der Waals surface area (Å²) in [6.07, 6.45) is 4.62. The summed E-state index contributed by atoms with van der Waals surface area (Å²) in [5.41, 5.74) is 5.59. The normalized spacial score (nSPS) is 40.9. The Labute approximate surface area is 90.5 Å². The molecule has 1 atom stereocenters. The van der Waals surface area contributed by atoms with Crippen molar-refractivity contribution in [3.05, 3.63) is 0 Å². The molecular weight excluding hydrogens is 192 g/mol. The van der Waals surface area contributed by atoms with E-state index < -0.39 is 0 Å². The van der Waals surface area contributed by atoms with Gasteiger partial charge in [-0.2, -0.15) is 0 Å². The monoisotopic (exact) mass is 212 g/mol. The van der Waals surface area contributed by atoms with Gasteiger partial charge in [-0.05, 0) is 31.1 Å². The second-order valence-electron chi connectivity index (χ2n) is 4.88. The second kappa shape index (κ2) is 4.10. The molecule has 1 saturated carbocycles. The Morgan fingerprint density at radius 3 is 2.67 bits per heavy atom. The number of carbonyl (C=O) groups is 1. The molecule has 1 unspecified atom stereocenters. The lowest BCUT2D eigenvalue weighted by Crippen LogP contribution is -2.42. The van der Waals surface area contributed by atoms with Gasteiger partial charge in [0.05, 0.1) is 12.0 Å². The predicted octanol–water partition coefficient (Wildman–Crippen LogP) is 0.267. The summed E-state index contributed by atoms with van der Waals surface area (Å²) >= 11 is 0. The van der Waals surface area contributed by atoms with Crippen LogP contribution in [0, 0.1) is 11.3 Å². The van der Waals surface area contributed by atoms with Gasteiger partial charge >= 0.3 is 0 Å². The van der Waals surface area contributed by atoms with Crippen molar-refractivity contribution in [3.63, 3.8) is 0 Å². The van der Waals surface area contributed by atoms with Gasteiger partial charge in [-0.15, -0.1) is 0 Å². The third-order valence-electron chi connectivity index (χ3n) is 4.17. The third kappa shape index (κ3) is 1.88. The minimum Gasteiger partial charge on any atom is -0.381 e. The first-order chi connectivity index (χ1) is 7.18. The number of rotatable bonds is 2. The molecule has 1 aliphatic heterocycles. The van der Waals surface area contributed by atoms with E-state index in [1.54, 1.807) is 7.11 Å². The van der Waals surface area contributed by atoms with E-state index in [0.29, 0.717) is 6.10 Å². The molecular formula is C11H20N2O2. The summed E-state index contributed by atoms with van der Waals surface area (Å²) in [6, 6.07) is 0. The number of nitrogens with one attached hydrogen (secondary N) is 1. The van der Waals surface area contributed by atoms with Crippen LogP contribution >= 0.6 is 0 Å². The molecule has 1 spiro atoms. The largest absolute Gasteiger partial charge is 0.381 e. The fourth-order valence-corrected chi connectivity index (χ4v) is 3.13. The van der Waals surface area contributed by atoms with Crippen LogP contribution in [0.15, 0.2) is 0 Å². The first-order valence-electron chi connectivity index (χ1n) is 5.71. The van der Waals surface area contributed by atoms with Crippen molar-refractivity contribution in [2.24, 2.45) is 17.1 Å². The highest BCUT2D eigenvalue weighted by atomic mass is 16.5. The van der Waals surface area contributed by atoms with Gasteiger partial charge in [-0.25, -0.2) is 0 Å². The SMILES string of the molecule is COC1CCC2(CC1)CNCC2C(N)=O. The first kappa shape index (κ1) is 10.9. The van der Waals surface area contributed by atoms with Crippen LogP contribution in [0.25, 0.3) is 0 Å². The Morgan fingerprint density at radius 2 is 2.13 bits per heavy atom. The lowest BCUT2D eigenvalue weighted by atomic mass is 9.67. The number of amides is 1. The molecule has 86 valence electrons. The lowest BCUT2D eigenvalue weighted by molar-refractivity contribution is -0.125. The van der Waals surface area contributed by atoms with Gasteiger partial charge < -0.3 is 15.8 Å². The Balaban J connectivity index is 2.04. The maximum atomic E-state index is 11.4. The van der Waals surface area contributed by atoms with E-state index in [1.165, 1.54) is 0 Å². The van der Waals surface area contributed by atoms with Crippen molar-refractivity contribution in [1.29, 1.82) is 0 Å². The summed E-state index contributed by atoms with van der Waals surface area (Å²) in [7, 11) is 1.77. The zero-order valence-electron chi connectivity index (χ0n) is 9.29. The zero-order chi connectivity index (χ0) is 10.9. The second-order valence-corrected chi connectivity index (χ2v) is 4.88. The molecule has 1 heterocycles. The van der Waals surface area contributed by atoms with E-state index in [0.717, 1.165) is 38.8 Å². The van der Waals surface area contributed by atoms with Gasteiger partial charge in [0.25, 0.3) is 0 Å². The fraction of sp³-hybridized carbons (Fsp3) is 0.909. The molecule has 0 radical (unpaired) electrons. The van der Waals surface area contributed by atoms with E-state index in [4.69, 9.17) is 10.5 Å². The molecule has 0 aromatic carbocycles. The molecule has 1 aliphatic carbocycles. The van der Waals surface area contributed by atoms with Crippen LogP contribution in [0.1, 0.15) is 25.7 Å². The molecule has 0 bridgehead atoms. The summed E-state index contributed by atoms with van der Waals surface area (Å²) in [4.78, 5) is 11.4. The third-order valence-corrected chi connectivity index (χ3v) is 4.17. The van der Waals surface area contributed by atoms with E-state index in [-0.39, 0.29) is 17.2 Å². The highest BCUT2D eigenvalue weighted by molar-refractivity contribution is 5.78. The number of ether oxygens (including phenoxy) is 1. The van der Waals surface area contributed by atoms with Gasteiger partial charge in [0.15, 0.2) is 0 Å². The van der Waals surface area contributed by atoms with Crippen LogP contribution in [-0.4, -0.2) is 32.2 Å². The van der Waals surface area contributed by atoms with Crippen LogP contribution < -0.4 is 11.1 Å². The van der Waals surface area contributed by atoms with Gasteiger partial charge in [0.1, 0.15) is 0 Å². The van der Waals surface area contributed by atoms with Crippen molar-refractivity contribution in [1.82, 2.24) is 5.32 Å². The van der Waals surface area contributed by atoms with Crippen molar-refractivity contribution < 1.29 is 9.53 Å². The summed E-state index contributed by atoms with van der Waals surface area (Å²) in [5.74, 6) is -0.119. The van der Waals surface area contributed by atoms with Crippen molar-refractivity contribution in [3.8, 4) is 0 Å². The lowest BCUT2D eigenvalue weighted by Gasteiger charge is -2.39. The van der Waals surface area contributed by atoms with E-state index in [2.05, 4.69) is 5.32 Å². The molecule has 2 rings (SSSR count). The quantitative estimate of drug-likeness (QED) is 0.690. The van der Waals surface area contributed by atoms with Crippen LogP contribution in [0.2, 0.25) is 0 Å². The van der Waals surface area contributed by atoms with Crippen LogP contribution in [-0.2, 0) is 9.53 Å². The maximum Gasteiger partial charge on any atom is 0.222 e. The molecule has 4 heteroatoms. The molecule has 0 aromatic heterocycles. The van der Waals surface area contributed by atoms with Crippen LogP contribution in [0.4, 0.5) is 0 Å². The summed E-state index contributed by atoms with van der Waals surface area (Å²) < 4.78 is 5.35. The van der Waals surface area contributed by atoms with E-state index >= 15 is 0 Å². The van der Waals surface area contributed by atoms with Gasteiger partial charge in [-0.3, -0.25) is 4.79 Å². The molecule has 2 aliphatic rings. The van der Waals surface area contributed by atoms with Crippen molar-refractivity contribution >= 4 is 5.91 Å². The Hall–Kier alpha value is -0.610. The average Bonchev–Trinajstić information content (AvgIpc) is 2.63. The maximum absolute atomic E-state index is 11.4. The van der Waals surface area contributed by atoms with E-state index in [1.807, 2.05) is 0 Å². The zero-order valence-corrected chi connectivity index (χ0v) is 9.29. The Kier molecular flexibility index (Phi) is 2.98. The smallest absolute Gasteiger partial charge is 0.222 e. The van der Waals surface area contributed by atoms with Gasteiger partial charge in [0.2, 0.25) is 5.91 Å². The average molecular weight is 212 g/mol. The standard InChI is InChI=1S/C11H20N2O2/c1-15-8-2-4-11(5-3-8)7-13-6-9(11)10(12)14/h8-9,13H,2-7H2,1H3,(H2,12,14). The number of hydrogen-bond donors (Lipinski definition) is 2. The molecule has 15 heavy (non-hydrogen) atoms. The molecule has 4 nitrogen and oxygen atoms in total. The number of carbonyl (C=O) groups excluding carboxylic acids is 1. The highest BCUT2D eigenvalue weighted by Crippen LogP contribution is 2.45. The van der Waals surface area contributed by atoms with Crippen molar-refractivity contribution in [2.75, 3.05) is 20.2 Å². The van der Waals surface area contributed by atoms with Gasteiger partial charge in [-0.1, -0.05) is 0 Å². The van der Waals surface area contributed by atoms with Crippen LogP contribution in [0.5, 0.6) is 0 Å². The molecule has 0 aromatic rings. The predicted molar refractivity (Wildman–Crippen MR) is 57.3 cm³/mol. The minimum atomic E-state index is -0.143.